The minimum Gasteiger partial charge on any atom is -0.322 e. The number of hydrogen-bond acceptors (Lipinski definition) is 2. The molecule has 2 nitrogen and oxygen atoms in total. The molecular weight excluding hydrogens is 280 g/mol. The Morgan fingerprint density at radius 2 is 1.75 bits per heavy atom. The molecule has 0 spiro atoms. The third-order valence-electron chi connectivity index (χ3n) is 2.84. The molecule has 0 saturated heterocycles. The van der Waals surface area contributed by atoms with Crippen LogP contribution in [0, 0.1) is 11.6 Å². The molecule has 2 aromatic carbocycles. The van der Waals surface area contributed by atoms with Crippen LogP contribution in [0.25, 0.3) is 10.9 Å². The van der Waals surface area contributed by atoms with Crippen molar-refractivity contribution in [3.63, 3.8) is 0 Å². The van der Waals surface area contributed by atoms with Crippen LogP contribution in [0.1, 0.15) is 0 Å². The summed E-state index contributed by atoms with van der Waals surface area (Å²) in [5.41, 5.74) is -0.0611. The van der Waals surface area contributed by atoms with E-state index in [9.17, 15) is 13.6 Å². The third kappa shape index (κ3) is 2.32. The second-order valence-electron chi connectivity index (χ2n) is 4.20. The lowest BCUT2D eigenvalue weighted by atomic mass is 10.2. The van der Waals surface area contributed by atoms with Crippen molar-refractivity contribution < 1.29 is 8.78 Å². The number of aromatic nitrogens is 1. The van der Waals surface area contributed by atoms with Crippen LogP contribution in [-0.2, 0) is 0 Å². The summed E-state index contributed by atoms with van der Waals surface area (Å²) in [6.07, 6.45) is 0. The zero-order valence-corrected chi connectivity index (χ0v) is 11.0. The van der Waals surface area contributed by atoms with Gasteiger partial charge in [0.15, 0.2) is 11.6 Å². The van der Waals surface area contributed by atoms with Gasteiger partial charge in [0, 0.05) is 22.4 Å². The lowest BCUT2D eigenvalue weighted by Gasteiger charge is -2.08. The van der Waals surface area contributed by atoms with Crippen LogP contribution < -0.4 is 5.56 Å². The van der Waals surface area contributed by atoms with Gasteiger partial charge in [0.05, 0.1) is 10.4 Å². The number of benzene rings is 2. The molecule has 0 saturated carbocycles. The Hall–Kier alpha value is -2.14. The monoisotopic (exact) mass is 289 g/mol. The topological polar surface area (TPSA) is 32.9 Å². The summed E-state index contributed by atoms with van der Waals surface area (Å²) in [5.74, 6) is -1.88. The normalized spacial score (nSPS) is 10.9. The minimum absolute atomic E-state index is 0.169. The van der Waals surface area contributed by atoms with E-state index in [0.29, 0.717) is 5.39 Å². The molecule has 0 unspecified atom stereocenters. The predicted molar refractivity (Wildman–Crippen MR) is 75.0 cm³/mol. The number of aromatic amines is 1. The lowest BCUT2D eigenvalue weighted by molar-refractivity contribution is 0.495. The Kier molecular flexibility index (Phi) is 3.28. The van der Waals surface area contributed by atoms with Gasteiger partial charge in [-0.1, -0.05) is 30.0 Å². The van der Waals surface area contributed by atoms with Gasteiger partial charge in [-0.05, 0) is 18.2 Å². The van der Waals surface area contributed by atoms with Crippen LogP contribution in [0.4, 0.5) is 8.78 Å². The molecule has 1 N–H and O–H groups in total. The number of hydrogen-bond donors (Lipinski definition) is 1. The highest BCUT2D eigenvalue weighted by Crippen LogP contribution is 2.35. The van der Waals surface area contributed by atoms with Crippen molar-refractivity contribution in [1.82, 2.24) is 4.98 Å². The number of rotatable bonds is 2. The van der Waals surface area contributed by atoms with Gasteiger partial charge in [-0.25, -0.2) is 8.78 Å². The molecule has 0 bridgehead atoms. The summed E-state index contributed by atoms with van der Waals surface area (Å²) in [7, 11) is 0. The highest BCUT2D eigenvalue weighted by atomic mass is 32.2. The van der Waals surface area contributed by atoms with Crippen LogP contribution >= 0.6 is 11.8 Å². The molecular formula is C15H9F2NOS. The quantitative estimate of drug-likeness (QED) is 0.774. The van der Waals surface area contributed by atoms with Crippen LogP contribution in [0.15, 0.2) is 63.1 Å². The largest absolute Gasteiger partial charge is 0.322 e. The minimum atomic E-state index is -0.974. The predicted octanol–water partition coefficient (Wildman–Crippen LogP) is 3.96. The summed E-state index contributed by atoms with van der Waals surface area (Å²) >= 11 is 1.13. The molecule has 0 amide bonds. The maximum atomic E-state index is 14.0. The Bertz CT molecular complexity index is 830. The Balaban J connectivity index is 2.23. The van der Waals surface area contributed by atoms with Gasteiger partial charge in [-0.15, -0.1) is 0 Å². The summed E-state index contributed by atoms with van der Waals surface area (Å²) in [6, 6.07) is 12.9. The van der Waals surface area contributed by atoms with Gasteiger partial charge in [-0.3, -0.25) is 4.79 Å². The van der Waals surface area contributed by atoms with Crippen molar-refractivity contribution in [2.24, 2.45) is 0 Å². The smallest absolute Gasteiger partial charge is 0.248 e. The SMILES string of the molecule is O=c1ccc2c(Sc3ccccc3)c(F)c(F)cc2[nH]1. The first kappa shape index (κ1) is 12.9. The maximum absolute atomic E-state index is 14.0. The summed E-state index contributed by atoms with van der Waals surface area (Å²) in [5, 5.41) is 0.484. The van der Waals surface area contributed by atoms with Gasteiger partial charge in [-0.2, -0.15) is 0 Å². The molecule has 1 aromatic heterocycles. The molecule has 3 aromatic rings. The molecule has 0 radical (unpaired) electrons. The molecule has 0 atom stereocenters. The zero-order chi connectivity index (χ0) is 14.1. The summed E-state index contributed by atoms with van der Waals surface area (Å²) in [4.78, 5) is 14.7. The second-order valence-corrected chi connectivity index (χ2v) is 5.28. The van der Waals surface area contributed by atoms with Crippen molar-refractivity contribution in [3.05, 3.63) is 70.5 Å². The molecule has 0 aliphatic rings. The van der Waals surface area contributed by atoms with Gasteiger partial charge < -0.3 is 4.98 Å². The van der Waals surface area contributed by atoms with Crippen molar-refractivity contribution in [3.8, 4) is 0 Å². The fourth-order valence-electron chi connectivity index (χ4n) is 1.93. The van der Waals surface area contributed by atoms with Gasteiger partial charge >= 0.3 is 0 Å². The van der Waals surface area contributed by atoms with Crippen LogP contribution in [-0.4, -0.2) is 4.98 Å². The van der Waals surface area contributed by atoms with Gasteiger partial charge in [0.1, 0.15) is 0 Å². The first-order valence-corrected chi connectivity index (χ1v) is 6.71. The molecule has 5 heteroatoms. The molecule has 0 fully saturated rings. The van der Waals surface area contributed by atoms with E-state index in [1.807, 2.05) is 30.3 Å². The number of nitrogens with one attached hydrogen (secondary N) is 1. The second kappa shape index (κ2) is 5.09. The summed E-state index contributed by atoms with van der Waals surface area (Å²) in [6.45, 7) is 0. The Morgan fingerprint density at radius 1 is 1.00 bits per heavy atom. The fourth-order valence-corrected chi connectivity index (χ4v) is 2.93. The lowest BCUT2D eigenvalue weighted by Crippen LogP contribution is -2.04. The third-order valence-corrected chi connectivity index (χ3v) is 3.95. The highest BCUT2D eigenvalue weighted by molar-refractivity contribution is 7.99. The van der Waals surface area contributed by atoms with E-state index in [0.717, 1.165) is 22.7 Å². The van der Waals surface area contributed by atoms with Crippen LogP contribution in [0.2, 0.25) is 0 Å². The molecule has 0 aliphatic heterocycles. The number of halogens is 2. The van der Waals surface area contributed by atoms with E-state index >= 15 is 0 Å². The van der Waals surface area contributed by atoms with Crippen LogP contribution in [0.5, 0.6) is 0 Å². The van der Waals surface area contributed by atoms with Gasteiger partial charge in [0.25, 0.3) is 0 Å². The molecule has 20 heavy (non-hydrogen) atoms. The average Bonchev–Trinajstić information content (AvgIpc) is 2.45. The number of pyridine rings is 1. The first-order valence-electron chi connectivity index (χ1n) is 5.89. The summed E-state index contributed by atoms with van der Waals surface area (Å²) < 4.78 is 27.7. The zero-order valence-electron chi connectivity index (χ0n) is 10.2. The van der Waals surface area contributed by atoms with Crippen molar-refractivity contribution in [1.29, 1.82) is 0 Å². The fraction of sp³-hybridized carbons (Fsp3) is 0. The van der Waals surface area contributed by atoms with Gasteiger partial charge in [0.2, 0.25) is 5.56 Å². The van der Waals surface area contributed by atoms with E-state index in [1.165, 1.54) is 12.1 Å². The number of fused-ring (bicyclic) bond motifs is 1. The number of H-pyrrole nitrogens is 1. The first-order chi connectivity index (χ1) is 9.65. The average molecular weight is 289 g/mol. The van der Waals surface area contributed by atoms with Crippen LogP contribution in [0.3, 0.4) is 0 Å². The highest BCUT2D eigenvalue weighted by Gasteiger charge is 2.15. The van der Waals surface area contributed by atoms with E-state index in [-0.39, 0.29) is 16.0 Å². The van der Waals surface area contributed by atoms with E-state index in [4.69, 9.17) is 0 Å². The molecule has 0 aliphatic carbocycles. The maximum Gasteiger partial charge on any atom is 0.248 e. The van der Waals surface area contributed by atoms with Crippen molar-refractivity contribution >= 4 is 22.7 Å². The molecule has 3 rings (SSSR count). The van der Waals surface area contributed by atoms with E-state index in [2.05, 4.69) is 4.98 Å². The standard InChI is InChI=1S/C15H9F2NOS/c16-11-8-12-10(6-7-13(19)18-12)15(14(11)17)20-9-4-2-1-3-5-9/h1-8H,(H,18,19). The Morgan fingerprint density at radius 3 is 2.50 bits per heavy atom. The molecule has 100 valence electrons. The van der Waals surface area contributed by atoms with Crippen molar-refractivity contribution in [2.75, 3.05) is 0 Å². The Labute approximate surface area is 117 Å². The van der Waals surface area contributed by atoms with Crippen molar-refractivity contribution in [2.45, 2.75) is 9.79 Å². The molecule has 1 heterocycles. The van der Waals surface area contributed by atoms with E-state index in [1.54, 1.807) is 0 Å². The van der Waals surface area contributed by atoms with E-state index < -0.39 is 11.6 Å².